The summed E-state index contributed by atoms with van der Waals surface area (Å²) in [7, 11) is 0. The van der Waals surface area contributed by atoms with E-state index in [1.165, 1.54) is 44.1 Å². The van der Waals surface area contributed by atoms with Crippen molar-refractivity contribution in [3.63, 3.8) is 0 Å². The zero-order valence-electron chi connectivity index (χ0n) is 17.5. The normalized spacial score (nSPS) is 23.2. The van der Waals surface area contributed by atoms with Crippen molar-refractivity contribution in [3.05, 3.63) is 29.3 Å². The van der Waals surface area contributed by atoms with E-state index in [9.17, 15) is 5.11 Å². The van der Waals surface area contributed by atoms with Crippen LogP contribution in [0.1, 0.15) is 90.5 Å². The number of rotatable bonds is 8. The molecule has 0 aromatic heterocycles. The first kappa shape index (κ1) is 20.6. The van der Waals surface area contributed by atoms with E-state index < -0.39 is 0 Å². The van der Waals surface area contributed by atoms with Crippen molar-refractivity contribution in [1.82, 2.24) is 0 Å². The Morgan fingerprint density at radius 3 is 2.67 bits per heavy atom. The Morgan fingerprint density at radius 2 is 1.89 bits per heavy atom. The number of phenolic OH excluding ortho intramolecular Hbond substituents is 1. The highest BCUT2D eigenvalue weighted by molar-refractivity contribution is 7.99. The fourth-order valence-electron chi connectivity index (χ4n) is 4.65. The number of fused-ring (bicyclic) bond motifs is 3. The maximum atomic E-state index is 10.8. The number of hydrogen-bond acceptors (Lipinski definition) is 3. The molecule has 150 valence electrons. The number of thioether (sulfide) groups is 1. The lowest BCUT2D eigenvalue weighted by atomic mass is 9.68. The number of phenols is 1. The molecule has 3 heteroatoms. The van der Waals surface area contributed by atoms with Crippen molar-refractivity contribution >= 4 is 11.8 Å². The third-order valence-corrected chi connectivity index (χ3v) is 7.27. The van der Waals surface area contributed by atoms with Gasteiger partial charge < -0.3 is 9.84 Å². The third kappa shape index (κ3) is 4.85. The van der Waals surface area contributed by atoms with Gasteiger partial charge in [-0.2, -0.15) is 0 Å². The summed E-state index contributed by atoms with van der Waals surface area (Å²) in [5.41, 5.74) is 2.24. The molecule has 2 atom stereocenters. The van der Waals surface area contributed by atoms with E-state index in [2.05, 4.69) is 39.8 Å². The molecular formula is C24H36O2S. The minimum atomic E-state index is -0.191. The van der Waals surface area contributed by atoms with Crippen LogP contribution in [0.5, 0.6) is 11.5 Å². The van der Waals surface area contributed by atoms with Crippen LogP contribution >= 0.6 is 11.8 Å². The number of benzene rings is 1. The lowest BCUT2D eigenvalue weighted by Gasteiger charge is -2.46. The Kier molecular flexibility index (Phi) is 6.83. The lowest BCUT2D eigenvalue weighted by molar-refractivity contribution is 0.0105. The molecule has 0 fully saturated rings. The van der Waals surface area contributed by atoms with E-state index in [-0.39, 0.29) is 11.5 Å². The van der Waals surface area contributed by atoms with Crippen LogP contribution in [0.3, 0.4) is 0 Å². The molecule has 0 bridgehead atoms. The highest BCUT2D eigenvalue weighted by Crippen LogP contribution is 2.54. The molecule has 2 aliphatic rings. The molecule has 1 aromatic carbocycles. The summed E-state index contributed by atoms with van der Waals surface area (Å²) in [4.78, 5) is 1.13. The number of ether oxygens (including phenoxy) is 1. The average molecular weight is 389 g/mol. The van der Waals surface area contributed by atoms with Crippen LogP contribution in [0.2, 0.25) is 0 Å². The lowest BCUT2D eigenvalue weighted by Crippen LogP contribution is -2.45. The van der Waals surface area contributed by atoms with Gasteiger partial charge >= 0.3 is 0 Å². The fraction of sp³-hybridized carbons (Fsp3) is 0.667. The first-order valence-corrected chi connectivity index (χ1v) is 11.8. The summed E-state index contributed by atoms with van der Waals surface area (Å²) in [6.45, 7) is 8.87. The van der Waals surface area contributed by atoms with Gasteiger partial charge in [-0.15, -0.1) is 11.8 Å². The second-order valence-electron chi connectivity index (χ2n) is 8.86. The van der Waals surface area contributed by atoms with Crippen LogP contribution in [-0.4, -0.2) is 16.5 Å². The third-order valence-electron chi connectivity index (χ3n) is 6.21. The van der Waals surface area contributed by atoms with Gasteiger partial charge in [0.1, 0.15) is 17.1 Å². The van der Waals surface area contributed by atoms with Crippen LogP contribution in [0, 0.1) is 5.92 Å². The van der Waals surface area contributed by atoms with Gasteiger partial charge in [-0.05, 0) is 57.9 Å². The molecule has 0 saturated carbocycles. The van der Waals surface area contributed by atoms with Gasteiger partial charge in [0.05, 0.1) is 0 Å². The van der Waals surface area contributed by atoms with E-state index in [1.807, 2.05) is 17.8 Å². The van der Waals surface area contributed by atoms with Crippen LogP contribution < -0.4 is 4.74 Å². The van der Waals surface area contributed by atoms with Crippen molar-refractivity contribution < 1.29 is 9.84 Å². The fourth-order valence-corrected chi connectivity index (χ4v) is 5.62. The van der Waals surface area contributed by atoms with Gasteiger partial charge in [0, 0.05) is 22.3 Å². The molecule has 1 aliphatic carbocycles. The number of aromatic hydroxyl groups is 1. The van der Waals surface area contributed by atoms with Crippen LogP contribution in [0.4, 0.5) is 0 Å². The van der Waals surface area contributed by atoms with Gasteiger partial charge in [0.2, 0.25) is 0 Å². The van der Waals surface area contributed by atoms with Crippen molar-refractivity contribution in [3.8, 4) is 11.5 Å². The summed E-state index contributed by atoms with van der Waals surface area (Å²) in [6.07, 6.45) is 12.5. The van der Waals surface area contributed by atoms with Gasteiger partial charge in [-0.25, -0.2) is 0 Å². The van der Waals surface area contributed by atoms with Gasteiger partial charge in [0.25, 0.3) is 0 Å². The van der Waals surface area contributed by atoms with E-state index in [1.54, 1.807) is 0 Å². The Hall–Kier alpha value is -1.09. The molecule has 1 aliphatic heterocycles. The Balaban J connectivity index is 1.69. The van der Waals surface area contributed by atoms with E-state index in [0.29, 0.717) is 11.7 Å². The predicted molar refractivity (Wildman–Crippen MR) is 116 cm³/mol. The molecule has 0 amide bonds. The molecule has 2 unspecified atom stereocenters. The second kappa shape index (κ2) is 8.94. The van der Waals surface area contributed by atoms with E-state index in [0.717, 1.165) is 34.8 Å². The quantitative estimate of drug-likeness (QED) is 0.285. The molecule has 1 N–H and O–H groups in total. The smallest absolute Gasteiger partial charge is 0.128 e. The van der Waals surface area contributed by atoms with E-state index in [4.69, 9.17) is 4.74 Å². The number of allylic oxidation sites excluding steroid dienone is 2. The first-order valence-electron chi connectivity index (χ1n) is 10.8. The molecule has 0 radical (unpaired) electrons. The Morgan fingerprint density at radius 1 is 1.15 bits per heavy atom. The molecule has 1 heterocycles. The summed E-state index contributed by atoms with van der Waals surface area (Å²) in [5, 5.41) is 10.8. The van der Waals surface area contributed by atoms with Crippen molar-refractivity contribution in [1.29, 1.82) is 0 Å². The SMILES string of the molecule is CCCCCCCCSc1cc(O)c2c(c1)OC(C)(C)C1CCC(C)=CC21. The van der Waals surface area contributed by atoms with Crippen LogP contribution in [-0.2, 0) is 0 Å². The Bertz CT molecular complexity index is 677. The van der Waals surface area contributed by atoms with Gasteiger partial charge in [0.15, 0.2) is 0 Å². The summed E-state index contributed by atoms with van der Waals surface area (Å²) < 4.78 is 6.41. The minimum absolute atomic E-state index is 0.191. The molecule has 0 spiro atoms. The molecule has 27 heavy (non-hydrogen) atoms. The van der Waals surface area contributed by atoms with Crippen LogP contribution in [0.25, 0.3) is 0 Å². The van der Waals surface area contributed by atoms with Crippen LogP contribution in [0.15, 0.2) is 28.7 Å². The number of unbranched alkanes of at least 4 members (excludes halogenated alkanes) is 5. The predicted octanol–water partition coefficient (Wildman–Crippen LogP) is 7.46. The van der Waals surface area contributed by atoms with E-state index >= 15 is 0 Å². The summed E-state index contributed by atoms with van der Waals surface area (Å²) >= 11 is 1.85. The summed E-state index contributed by atoms with van der Waals surface area (Å²) in [5.74, 6) is 3.11. The Labute approximate surface area is 169 Å². The van der Waals surface area contributed by atoms with Gasteiger partial charge in [-0.1, -0.05) is 50.7 Å². The largest absolute Gasteiger partial charge is 0.507 e. The first-order chi connectivity index (χ1) is 12.9. The summed E-state index contributed by atoms with van der Waals surface area (Å²) in [6, 6.07) is 4.11. The molecule has 0 saturated heterocycles. The second-order valence-corrected chi connectivity index (χ2v) is 10.0. The van der Waals surface area contributed by atoms with Crippen molar-refractivity contribution in [2.24, 2.45) is 5.92 Å². The molecule has 1 aromatic rings. The van der Waals surface area contributed by atoms with Crippen molar-refractivity contribution in [2.75, 3.05) is 5.75 Å². The number of hydrogen-bond donors (Lipinski definition) is 1. The molecule has 2 nitrogen and oxygen atoms in total. The standard InChI is InChI=1S/C24H36O2S/c1-5-6-7-8-9-10-13-27-18-15-21(25)23-19-14-17(2)11-12-20(19)24(3,4)26-22(23)16-18/h14-16,19-20,25H,5-13H2,1-4H3. The van der Waals surface area contributed by atoms with Gasteiger partial charge in [-0.3, -0.25) is 0 Å². The zero-order valence-corrected chi connectivity index (χ0v) is 18.3. The average Bonchev–Trinajstić information content (AvgIpc) is 2.59. The maximum Gasteiger partial charge on any atom is 0.128 e. The highest BCUT2D eigenvalue weighted by atomic mass is 32.2. The monoisotopic (exact) mass is 388 g/mol. The maximum absolute atomic E-state index is 10.8. The highest BCUT2D eigenvalue weighted by Gasteiger charge is 2.45. The minimum Gasteiger partial charge on any atom is -0.507 e. The zero-order chi connectivity index (χ0) is 19.4. The van der Waals surface area contributed by atoms with Crippen molar-refractivity contribution in [2.45, 2.75) is 95.5 Å². The molecule has 3 rings (SSSR count). The topological polar surface area (TPSA) is 29.5 Å². The molecular weight excluding hydrogens is 352 g/mol.